The molecule has 0 amide bonds. The van der Waals surface area contributed by atoms with E-state index in [4.69, 9.17) is 0 Å². The number of nitrogens with zero attached hydrogens (tertiary/aromatic N) is 2. The predicted molar refractivity (Wildman–Crippen MR) is 169 cm³/mol. The molecule has 0 radical (unpaired) electrons. The van der Waals surface area contributed by atoms with E-state index < -0.39 is 0 Å². The van der Waals surface area contributed by atoms with Gasteiger partial charge < -0.3 is 4.57 Å². The van der Waals surface area contributed by atoms with Gasteiger partial charge in [0.15, 0.2) is 0 Å². The Morgan fingerprint density at radius 2 is 1.10 bits per heavy atom. The quantitative estimate of drug-likeness (QED) is 0.225. The molecule has 0 aliphatic heterocycles. The number of hydrogen-bond acceptors (Lipinski definition) is 2. The van der Waals surface area contributed by atoms with Gasteiger partial charge >= 0.3 is 0 Å². The van der Waals surface area contributed by atoms with E-state index in [1.165, 1.54) is 42.0 Å². The normalized spacial score (nSPS) is 11.5. The lowest BCUT2D eigenvalue weighted by Crippen LogP contribution is -1.97. The average Bonchev–Trinajstić information content (AvgIpc) is 3.56. The number of para-hydroxylation sites is 3. The molecule has 0 unspecified atom stereocenters. The van der Waals surface area contributed by atoms with Crippen molar-refractivity contribution in [3.63, 3.8) is 0 Å². The molecule has 2 heterocycles. The predicted octanol–water partition coefficient (Wildman–Crippen LogP) is 10.4. The molecule has 40 heavy (non-hydrogen) atoms. The fraction of sp³-hybridized carbons (Fsp3) is 0. The first-order valence-corrected chi connectivity index (χ1v) is 14.2. The summed E-state index contributed by atoms with van der Waals surface area (Å²) in [5.41, 5.74) is 8.39. The van der Waals surface area contributed by atoms with Crippen LogP contribution in [0.15, 0.2) is 133 Å². The number of aromatic nitrogens is 1. The number of thiophene rings is 1. The van der Waals surface area contributed by atoms with Crippen LogP contribution in [0.3, 0.4) is 0 Å². The molecule has 0 N–H and O–H groups in total. The highest BCUT2D eigenvalue weighted by molar-refractivity contribution is 7.25. The lowest BCUT2D eigenvalue weighted by atomic mass is 9.94. The Balaban J connectivity index is 1.34. The molecule has 0 spiro atoms. The molecule has 0 aliphatic rings. The Bertz CT molecular complexity index is 2240. The van der Waals surface area contributed by atoms with Crippen molar-refractivity contribution in [2.24, 2.45) is 0 Å². The van der Waals surface area contributed by atoms with Crippen LogP contribution in [-0.2, 0) is 0 Å². The van der Waals surface area contributed by atoms with Gasteiger partial charge in [-0.05, 0) is 53.6 Å². The minimum atomic E-state index is 0.679. The van der Waals surface area contributed by atoms with Gasteiger partial charge in [-0.2, -0.15) is 5.26 Å². The number of benzene rings is 6. The molecule has 2 nitrogen and oxygen atoms in total. The molecule has 0 saturated heterocycles. The van der Waals surface area contributed by atoms with Crippen LogP contribution in [0.25, 0.3) is 69.9 Å². The van der Waals surface area contributed by atoms with E-state index in [2.05, 4.69) is 138 Å². The van der Waals surface area contributed by atoms with Gasteiger partial charge in [-0.1, -0.05) is 91.0 Å². The van der Waals surface area contributed by atoms with Crippen LogP contribution in [0.5, 0.6) is 0 Å². The Kier molecular flexibility index (Phi) is 5.10. The van der Waals surface area contributed by atoms with Gasteiger partial charge in [0.1, 0.15) is 0 Å². The zero-order chi connectivity index (χ0) is 26.6. The molecule has 3 heteroatoms. The third kappa shape index (κ3) is 3.41. The summed E-state index contributed by atoms with van der Waals surface area (Å²) in [6, 6.07) is 49.5. The summed E-state index contributed by atoms with van der Waals surface area (Å²) in [5.74, 6) is 0. The maximum absolute atomic E-state index is 10.1. The van der Waals surface area contributed by atoms with Crippen LogP contribution in [0, 0.1) is 11.3 Å². The number of fused-ring (bicyclic) bond motifs is 6. The molecule has 0 saturated carbocycles. The zero-order valence-electron chi connectivity index (χ0n) is 21.5. The standard InChI is InChI=1S/C37H22N2S/c38-23-26-18-17-24(21-32(26)25-19-20-31-30-12-4-8-16-36(30)40-37(31)22-25)27-9-1-5-13-33(27)39-34-14-6-2-10-28(34)29-11-3-7-15-35(29)39/h1-22H. The lowest BCUT2D eigenvalue weighted by Gasteiger charge is -2.15. The molecule has 8 rings (SSSR count). The Morgan fingerprint density at radius 3 is 1.88 bits per heavy atom. The second kappa shape index (κ2) is 8.95. The monoisotopic (exact) mass is 526 g/mol. The van der Waals surface area contributed by atoms with Gasteiger partial charge in [0, 0.05) is 42.1 Å². The molecular weight excluding hydrogens is 504 g/mol. The van der Waals surface area contributed by atoms with Crippen LogP contribution in [0.4, 0.5) is 0 Å². The summed E-state index contributed by atoms with van der Waals surface area (Å²) in [6.45, 7) is 0. The van der Waals surface area contributed by atoms with Crippen molar-refractivity contribution in [2.45, 2.75) is 0 Å². The maximum atomic E-state index is 10.1. The summed E-state index contributed by atoms with van der Waals surface area (Å²) < 4.78 is 4.88. The van der Waals surface area contributed by atoms with Crippen molar-refractivity contribution in [1.82, 2.24) is 4.57 Å². The minimum Gasteiger partial charge on any atom is -0.309 e. The first kappa shape index (κ1) is 22.8. The Hall–Kier alpha value is -5.17. The summed E-state index contributed by atoms with van der Waals surface area (Å²) in [4.78, 5) is 0. The molecule has 0 fully saturated rings. The molecule has 0 atom stereocenters. The Labute approximate surface area is 235 Å². The fourth-order valence-corrected chi connectivity index (χ4v) is 7.18. The van der Waals surface area contributed by atoms with Gasteiger partial charge in [0.05, 0.1) is 28.4 Å². The molecule has 8 aromatic rings. The minimum absolute atomic E-state index is 0.679. The van der Waals surface area contributed by atoms with E-state index in [-0.39, 0.29) is 0 Å². The van der Waals surface area contributed by atoms with Crippen LogP contribution in [-0.4, -0.2) is 4.57 Å². The highest BCUT2D eigenvalue weighted by Gasteiger charge is 2.16. The van der Waals surface area contributed by atoms with Crippen LogP contribution in [0.2, 0.25) is 0 Å². The lowest BCUT2D eigenvalue weighted by molar-refractivity contribution is 1.18. The van der Waals surface area contributed by atoms with Gasteiger partial charge in [-0.15, -0.1) is 11.3 Å². The third-order valence-electron chi connectivity index (χ3n) is 7.87. The van der Waals surface area contributed by atoms with Gasteiger partial charge in [0.2, 0.25) is 0 Å². The van der Waals surface area contributed by atoms with Crippen LogP contribution < -0.4 is 0 Å². The van der Waals surface area contributed by atoms with E-state index in [1.54, 1.807) is 11.3 Å². The molecule has 2 aromatic heterocycles. The zero-order valence-corrected chi connectivity index (χ0v) is 22.3. The summed E-state index contributed by atoms with van der Waals surface area (Å²) in [6.07, 6.45) is 0. The SMILES string of the molecule is N#Cc1ccc(-c2ccccc2-n2c3ccccc3c3ccccc32)cc1-c1ccc2c(c1)sc1ccccc12. The van der Waals surface area contributed by atoms with E-state index in [0.29, 0.717) is 5.56 Å². The largest absolute Gasteiger partial charge is 0.309 e. The summed E-state index contributed by atoms with van der Waals surface area (Å²) >= 11 is 1.80. The number of nitriles is 1. The van der Waals surface area contributed by atoms with Gasteiger partial charge in [-0.25, -0.2) is 0 Å². The van der Waals surface area contributed by atoms with Crippen molar-refractivity contribution in [3.05, 3.63) is 139 Å². The fourth-order valence-electron chi connectivity index (χ4n) is 6.04. The topological polar surface area (TPSA) is 28.7 Å². The van der Waals surface area contributed by atoms with E-state index in [1.807, 2.05) is 6.07 Å². The van der Waals surface area contributed by atoms with Crippen LogP contribution >= 0.6 is 11.3 Å². The smallest absolute Gasteiger partial charge is 0.0998 e. The molecule has 6 aromatic carbocycles. The first-order valence-electron chi connectivity index (χ1n) is 13.3. The van der Waals surface area contributed by atoms with Crippen molar-refractivity contribution in [2.75, 3.05) is 0 Å². The second-order valence-corrected chi connectivity index (χ2v) is 11.2. The van der Waals surface area contributed by atoms with Crippen molar-refractivity contribution >= 4 is 53.3 Å². The number of hydrogen-bond donors (Lipinski definition) is 0. The Morgan fingerprint density at radius 1 is 0.500 bits per heavy atom. The summed E-state index contributed by atoms with van der Waals surface area (Å²) in [5, 5.41) is 15.1. The van der Waals surface area contributed by atoms with Crippen molar-refractivity contribution in [3.8, 4) is 34.0 Å². The maximum Gasteiger partial charge on any atom is 0.0998 e. The van der Waals surface area contributed by atoms with Crippen molar-refractivity contribution in [1.29, 1.82) is 5.26 Å². The van der Waals surface area contributed by atoms with Crippen LogP contribution in [0.1, 0.15) is 5.56 Å². The number of rotatable bonds is 3. The van der Waals surface area contributed by atoms with E-state index in [9.17, 15) is 5.26 Å². The third-order valence-corrected chi connectivity index (χ3v) is 9.00. The second-order valence-electron chi connectivity index (χ2n) is 10.1. The van der Waals surface area contributed by atoms with E-state index >= 15 is 0 Å². The van der Waals surface area contributed by atoms with E-state index in [0.717, 1.165) is 27.9 Å². The first-order chi connectivity index (χ1) is 19.8. The van der Waals surface area contributed by atoms with Gasteiger partial charge in [-0.3, -0.25) is 0 Å². The molecular formula is C37H22N2S. The van der Waals surface area contributed by atoms with Crippen molar-refractivity contribution < 1.29 is 0 Å². The highest BCUT2D eigenvalue weighted by Crippen LogP contribution is 2.40. The average molecular weight is 527 g/mol. The molecule has 0 aliphatic carbocycles. The molecule has 186 valence electrons. The van der Waals surface area contributed by atoms with Gasteiger partial charge in [0.25, 0.3) is 0 Å². The molecule has 0 bridgehead atoms. The highest BCUT2D eigenvalue weighted by atomic mass is 32.1. The summed E-state index contributed by atoms with van der Waals surface area (Å²) in [7, 11) is 0.